The van der Waals surface area contributed by atoms with E-state index < -0.39 is 88.8 Å². The van der Waals surface area contributed by atoms with E-state index in [1.165, 1.54) is 36.0 Å². The van der Waals surface area contributed by atoms with Gasteiger partial charge in [-0.2, -0.15) is 0 Å². The number of halogens is 10. The van der Waals surface area contributed by atoms with Crippen molar-refractivity contribution in [3.05, 3.63) is 123 Å². The van der Waals surface area contributed by atoms with E-state index in [9.17, 15) is 26.3 Å². The normalized spacial score (nSPS) is 12.7. The number of rotatable bonds is 4. The molecule has 0 saturated heterocycles. The van der Waals surface area contributed by atoms with Crippen molar-refractivity contribution in [2.45, 2.75) is 13.1 Å². The third kappa shape index (κ3) is 4.31. The van der Waals surface area contributed by atoms with E-state index in [4.69, 9.17) is 7.49 Å². The predicted octanol–water partition coefficient (Wildman–Crippen LogP) is 8.05. The molecule has 1 aliphatic carbocycles. The van der Waals surface area contributed by atoms with Crippen LogP contribution in [-0.2, 0) is 0 Å². The molecular formula is C30H14BF10Si. The summed E-state index contributed by atoms with van der Waals surface area (Å²) < 4.78 is 147. The number of hydrogen-bond acceptors (Lipinski definition) is 0. The minimum atomic E-state index is -2.41. The van der Waals surface area contributed by atoms with Crippen molar-refractivity contribution in [2.75, 3.05) is 0 Å². The fourth-order valence-corrected chi connectivity index (χ4v) is 5.86. The van der Waals surface area contributed by atoms with E-state index in [1.807, 2.05) is 0 Å². The van der Waals surface area contributed by atoms with Crippen LogP contribution in [-0.4, -0.2) is 27.0 Å². The van der Waals surface area contributed by atoms with Crippen LogP contribution in [0.4, 0.5) is 43.9 Å². The van der Waals surface area contributed by atoms with Crippen molar-refractivity contribution in [3.63, 3.8) is 0 Å². The zero-order valence-corrected chi connectivity index (χ0v) is 22.5. The van der Waals surface area contributed by atoms with Crippen LogP contribution in [0.15, 0.2) is 48.0 Å². The molecule has 0 aromatic heterocycles. The Bertz CT molecular complexity index is 1850. The van der Waals surface area contributed by atoms with Gasteiger partial charge in [0.2, 0.25) is 0 Å². The fourth-order valence-electron chi connectivity index (χ4n) is 4.98. The predicted molar refractivity (Wildman–Crippen MR) is 143 cm³/mol. The molecule has 0 heterocycles. The van der Waals surface area contributed by atoms with Crippen LogP contribution >= 0.6 is 0 Å². The summed E-state index contributed by atoms with van der Waals surface area (Å²) in [6, 6.07) is 9.31. The number of fused-ring (bicyclic) bond motifs is 1. The van der Waals surface area contributed by atoms with Gasteiger partial charge in [-0.1, -0.05) is 0 Å². The summed E-state index contributed by atoms with van der Waals surface area (Å²) in [5.74, 6) is -22.6. The second-order valence-electron chi connectivity index (χ2n) is 9.59. The molecule has 4 aromatic rings. The molecule has 1 aliphatic rings. The molecule has 0 aliphatic heterocycles. The Kier molecular flexibility index (Phi) is 7.46. The van der Waals surface area contributed by atoms with Crippen LogP contribution < -0.4 is 0 Å². The van der Waals surface area contributed by atoms with E-state index in [2.05, 4.69) is 0 Å². The molecular weight excluding hydrogens is 589 g/mol. The molecule has 0 fully saturated rings. The summed E-state index contributed by atoms with van der Waals surface area (Å²) >= 11 is 0. The molecule has 1 radical (unpaired) electrons. The van der Waals surface area contributed by atoms with Gasteiger partial charge in [0.15, 0.2) is 0 Å². The van der Waals surface area contributed by atoms with Gasteiger partial charge in [0.05, 0.1) is 0 Å². The van der Waals surface area contributed by atoms with Gasteiger partial charge in [0, 0.05) is 0 Å². The van der Waals surface area contributed by atoms with E-state index >= 15 is 17.6 Å². The molecule has 4 aromatic carbocycles. The summed E-state index contributed by atoms with van der Waals surface area (Å²) in [4.78, 5) is 0. The summed E-state index contributed by atoms with van der Waals surface area (Å²) in [6.07, 6.45) is 0. The second-order valence-corrected chi connectivity index (χ2v) is 12.0. The van der Waals surface area contributed by atoms with Crippen molar-refractivity contribution in [1.82, 2.24) is 0 Å². The van der Waals surface area contributed by atoms with Crippen LogP contribution in [0, 0.1) is 58.2 Å². The molecule has 0 nitrogen and oxygen atoms in total. The third-order valence-corrected chi connectivity index (χ3v) is 7.61. The van der Waals surface area contributed by atoms with Gasteiger partial charge in [0.25, 0.3) is 0 Å². The Labute approximate surface area is 234 Å². The first-order valence-electron chi connectivity index (χ1n) is 12.1. The SMILES string of the molecule is [B]=C1C(C=[Si](C)C)=C(c2c(F)c(F)c(F)c(F)c2F)c2c1ccc(-c1c(F)c(F)c(F)c(F)c1F)c2-c1ccccc1. The maximum absolute atomic E-state index is 15.4. The van der Waals surface area contributed by atoms with E-state index in [1.54, 1.807) is 13.1 Å². The van der Waals surface area contributed by atoms with Crippen molar-refractivity contribution in [3.8, 4) is 22.3 Å². The summed E-state index contributed by atoms with van der Waals surface area (Å²) in [5.41, 5.74) is -3.31. The van der Waals surface area contributed by atoms with Gasteiger partial charge in [0.1, 0.15) is 0 Å². The molecule has 211 valence electrons. The van der Waals surface area contributed by atoms with E-state index in [-0.39, 0.29) is 33.3 Å². The molecule has 42 heavy (non-hydrogen) atoms. The zero-order chi connectivity index (χ0) is 30.8. The number of hydrogen-bond donors (Lipinski definition) is 0. The molecule has 0 N–H and O–H groups in total. The Morgan fingerprint density at radius 2 is 0.929 bits per heavy atom. The zero-order valence-electron chi connectivity index (χ0n) is 21.5. The van der Waals surface area contributed by atoms with Crippen LogP contribution in [0.5, 0.6) is 0 Å². The maximum atomic E-state index is 15.4. The van der Waals surface area contributed by atoms with Crippen molar-refractivity contribution < 1.29 is 43.9 Å². The molecule has 0 unspecified atom stereocenters. The second kappa shape index (κ2) is 10.6. The molecule has 0 amide bonds. The minimum absolute atomic E-state index is 0.0186. The molecule has 0 bridgehead atoms. The fraction of sp³-hybridized carbons (Fsp3) is 0.0667. The van der Waals surface area contributed by atoms with Gasteiger partial charge in [-0.05, 0) is 0 Å². The average Bonchev–Trinajstić information content (AvgIpc) is 3.23. The summed E-state index contributed by atoms with van der Waals surface area (Å²) in [7, 11) is 4.88. The molecule has 0 saturated carbocycles. The third-order valence-electron chi connectivity index (χ3n) is 6.74. The van der Waals surface area contributed by atoms with Gasteiger partial charge in [-0.15, -0.1) is 0 Å². The van der Waals surface area contributed by atoms with Crippen molar-refractivity contribution in [2.24, 2.45) is 0 Å². The van der Waals surface area contributed by atoms with Crippen LogP contribution in [0.1, 0.15) is 16.7 Å². The topological polar surface area (TPSA) is 0 Å². The molecule has 12 heteroatoms. The first-order chi connectivity index (χ1) is 19.8. The van der Waals surface area contributed by atoms with Crippen LogP contribution in [0.25, 0.3) is 27.8 Å². The first kappa shape index (κ1) is 29.4. The monoisotopic (exact) mass is 603 g/mol. The number of benzene rings is 4. The van der Waals surface area contributed by atoms with Crippen molar-refractivity contribution >= 4 is 32.6 Å². The molecule has 0 atom stereocenters. The standard InChI is InChI=1S/C30H14BF10Si/c1-42(2)10-14-17(19-23(34)27(38)30(41)28(39)24(19)35)16-13(20(14)31)9-8-12(15(16)11-6-4-3-5-7-11)18-21(32)25(36)29(40)26(37)22(18)33/h3-10H,1-2H3. The number of allylic oxidation sites excluding steroid dienone is 1. The Morgan fingerprint density at radius 3 is 1.40 bits per heavy atom. The molecule has 5 rings (SSSR count). The van der Waals surface area contributed by atoms with Gasteiger partial charge in [-0.25, -0.2) is 0 Å². The van der Waals surface area contributed by atoms with Crippen LogP contribution in [0.2, 0.25) is 13.1 Å². The quantitative estimate of drug-likeness (QED) is 0.0959. The summed E-state index contributed by atoms with van der Waals surface area (Å²) in [5, 5.41) is 0. The summed E-state index contributed by atoms with van der Waals surface area (Å²) in [6.45, 7) is 3.48. The van der Waals surface area contributed by atoms with Gasteiger partial charge in [-0.3, -0.25) is 0 Å². The van der Waals surface area contributed by atoms with E-state index in [0.717, 1.165) is 12.1 Å². The van der Waals surface area contributed by atoms with Gasteiger partial charge < -0.3 is 0 Å². The average molecular weight is 603 g/mol. The Balaban J connectivity index is 2.05. The Hall–Kier alpha value is -4.06. The van der Waals surface area contributed by atoms with Crippen molar-refractivity contribution in [1.29, 1.82) is 0 Å². The Morgan fingerprint density at radius 1 is 0.500 bits per heavy atom. The van der Waals surface area contributed by atoms with E-state index in [0.29, 0.717) is 0 Å². The van der Waals surface area contributed by atoms with Gasteiger partial charge >= 0.3 is 235 Å². The molecule has 0 spiro atoms. The van der Waals surface area contributed by atoms with Crippen LogP contribution in [0.3, 0.4) is 0 Å². The first-order valence-corrected chi connectivity index (χ1v) is 14.7.